The monoisotopic (exact) mass is 316 g/mol. The Kier molecular flexibility index (Phi) is 4.18. The number of aromatic nitrogens is 2. The lowest BCUT2D eigenvalue weighted by Crippen LogP contribution is -2.06. The summed E-state index contributed by atoms with van der Waals surface area (Å²) in [5.41, 5.74) is 0.372. The van der Waals surface area contributed by atoms with Gasteiger partial charge in [0.25, 0.3) is 0 Å². The van der Waals surface area contributed by atoms with E-state index in [0.29, 0.717) is 18.1 Å². The number of anilines is 3. The van der Waals surface area contributed by atoms with Crippen LogP contribution in [0.15, 0.2) is 47.1 Å². The molecule has 0 radical (unpaired) electrons. The molecular weight excluding hydrogens is 302 g/mol. The van der Waals surface area contributed by atoms with Crippen molar-refractivity contribution in [3.8, 4) is 0 Å². The first kappa shape index (κ1) is 15.0. The van der Waals surface area contributed by atoms with Crippen molar-refractivity contribution >= 4 is 17.5 Å². The van der Waals surface area contributed by atoms with Gasteiger partial charge in [0, 0.05) is 11.8 Å². The maximum Gasteiger partial charge on any atom is 0.229 e. The molecule has 3 aromatic rings. The normalized spacial score (nSPS) is 10.6. The summed E-state index contributed by atoms with van der Waals surface area (Å²) in [6.45, 7) is 2.21. The van der Waals surface area contributed by atoms with Gasteiger partial charge in [-0.25, -0.2) is 13.8 Å². The van der Waals surface area contributed by atoms with E-state index in [4.69, 9.17) is 4.42 Å². The Balaban J connectivity index is 1.80. The van der Waals surface area contributed by atoms with Crippen LogP contribution in [0.25, 0.3) is 0 Å². The highest BCUT2D eigenvalue weighted by molar-refractivity contribution is 5.56. The van der Waals surface area contributed by atoms with Crippen molar-refractivity contribution < 1.29 is 13.2 Å². The standard InChI is InChI=1S/C16H14F2N4O/c1-10-8-14(19-9-11-4-3-7-23-11)21-16(20-10)22-15-12(17)5-2-6-13(15)18/h2-8H,9H2,1H3,(H2,19,20,21,22). The maximum atomic E-state index is 13.7. The second-order valence-corrected chi connectivity index (χ2v) is 4.87. The first-order valence-corrected chi connectivity index (χ1v) is 6.95. The van der Waals surface area contributed by atoms with Gasteiger partial charge in [-0.15, -0.1) is 0 Å². The average Bonchev–Trinajstić information content (AvgIpc) is 3.02. The molecule has 1 aromatic carbocycles. The van der Waals surface area contributed by atoms with Crippen LogP contribution in [0.2, 0.25) is 0 Å². The molecule has 5 nitrogen and oxygen atoms in total. The van der Waals surface area contributed by atoms with E-state index in [9.17, 15) is 8.78 Å². The van der Waals surface area contributed by atoms with E-state index in [1.807, 2.05) is 6.07 Å². The molecular formula is C16H14F2N4O. The largest absolute Gasteiger partial charge is 0.467 e. The maximum absolute atomic E-state index is 13.7. The van der Waals surface area contributed by atoms with Crippen molar-refractivity contribution in [3.05, 3.63) is 65.7 Å². The fourth-order valence-electron chi connectivity index (χ4n) is 2.03. The molecule has 0 amide bonds. The minimum atomic E-state index is -0.708. The summed E-state index contributed by atoms with van der Waals surface area (Å²) in [5.74, 6) is -0.0413. The van der Waals surface area contributed by atoms with E-state index in [2.05, 4.69) is 20.6 Å². The third-order valence-electron chi connectivity index (χ3n) is 3.08. The van der Waals surface area contributed by atoms with Crippen LogP contribution < -0.4 is 10.6 Å². The molecule has 0 saturated heterocycles. The molecule has 2 N–H and O–H groups in total. The zero-order valence-electron chi connectivity index (χ0n) is 12.3. The Morgan fingerprint density at radius 1 is 1.09 bits per heavy atom. The van der Waals surface area contributed by atoms with Crippen molar-refractivity contribution in [2.75, 3.05) is 10.6 Å². The summed E-state index contributed by atoms with van der Waals surface area (Å²) in [5, 5.41) is 5.65. The van der Waals surface area contributed by atoms with Gasteiger partial charge in [-0.05, 0) is 31.2 Å². The lowest BCUT2D eigenvalue weighted by atomic mass is 10.3. The van der Waals surface area contributed by atoms with Crippen molar-refractivity contribution in [3.63, 3.8) is 0 Å². The van der Waals surface area contributed by atoms with E-state index < -0.39 is 11.6 Å². The highest BCUT2D eigenvalue weighted by atomic mass is 19.1. The summed E-state index contributed by atoms with van der Waals surface area (Å²) >= 11 is 0. The number of halogens is 2. The fraction of sp³-hybridized carbons (Fsp3) is 0.125. The number of nitrogens with zero attached hydrogens (tertiary/aromatic N) is 2. The van der Waals surface area contributed by atoms with Crippen LogP contribution in [-0.4, -0.2) is 9.97 Å². The molecule has 0 aliphatic carbocycles. The van der Waals surface area contributed by atoms with Crippen LogP contribution in [0.3, 0.4) is 0 Å². The number of hydrogen-bond donors (Lipinski definition) is 2. The predicted octanol–water partition coefficient (Wildman–Crippen LogP) is 4.01. The zero-order chi connectivity index (χ0) is 16.2. The number of hydrogen-bond acceptors (Lipinski definition) is 5. The molecule has 118 valence electrons. The minimum Gasteiger partial charge on any atom is -0.467 e. The van der Waals surface area contributed by atoms with Gasteiger partial charge in [-0.1, -0.05) is 6.07 Å². The summed E-state index contributed by atoms with van der Waals surface area (Å²) in [6.07, 6.45) is 1.58. The van der Waals surface area contributed by atoms with E-state index >= 15 is 0 Å². The molecule has 0 spiro atoms. The predicted molar refractivity (Wildman–Crippen MR) is 82.4 cm³/mol. The highest BCUT2D eigenvalue weighted by Gasteiger charge is 2.11. The minimum absolute atomic E-state index is 0.107. The van der Waals surface area contributed by atoms with Crippen LogP contribution in [0.5, 0.6) is 0 Å². The molecule has 0 atom stereocenters. The first-order chi connectivity index (χ1) is 11.1. The van der Waals surface area contributed by atoms with Crippen molar-refractivity contribution in [1.29, 1.82) is 0 Å². The van der Waals surface area contributed by atoms with Crippen molar-refractivity contribution in [2.24, 2.45) is 0 Å². The number of benzene rings is 1. The van der Waals surface area contributed by atoms with E-state index in [1.54, 1.807) is 25.3 Å². The van der Waals surface area contributed by atoms with Crippen LogP contribution >= 0.6 is 0 Å². The topological polar surface area (TPSA) is 63.0 Å². The third kappa shape index (κ3) is 3.63. The van der Waals surface area contributed by atoms with Gasteiger partial charge in [0.1, 0.15) is 28.9 Å². The van der Waals surface area contributed by atoms with Gasteiger partial charge in [0.15, 0.2) is 0 Å². The lowest BCUT2D eigenvalue weighted by molar-refractivity contribution is 0.518. The van der Waals surface area contributed by atoms with Crippen molar-refractivity contribution in [1.82, 2.24) is 9.97 Å². The van der Waals surface area contributed by atoms with Gasteiger partial charge < -0.3 is 15.1 Å². The Hall–Kier alpha value is -2.96. The second kappa shape index (κ2) is 6.43. The molecule has 0 saturated carbocycles. The Morgan fingerprint density at radius 3 is 2.57 bits per heavy atom. The number of rotatable bonds is 5. The molecule has 3 rings (SSSR count). The number of nitrogens with one attached hydrogen (secondary N) is 2. The van der Waals surface area contributed by atoms with Gasteiger partial charge >= 0.3 is 0 Å². The Labute approximate surface area is 131 Å². The molecule has 0 aliphatic heterocycles. The molecule has 0 fully saturated rings. The van der Waals surface area contributed by atoms with E-state index in [0.717, 1.165) is 17.9 Å². The average molecular weight is 316 g/mol. The summed E-state index contributed by atoms with van der Waals surface area (Å²) in [7, 11) is 0. The number of aryl methyl sites for hydroxylation is 1. The van der Waals surface area contributed by atoms with Gasteiger partial charge in [0.05, 0.1) is 12.8 Å². The quantitative estimate of drug-likeness (QED) is 0.744. The first-order valence-electron chi connectivity index (χ1n) is 6.95. The van der Waals surface area contributed by atoms with Gasteiger partial charge in [-0.3, -0.25) is 0 Å². The van der Waals surface area contributed by atoms with Crippen molar-refractivity contribution in [2.45, 2.75) is 13.5 Å². The molecule has 2 heterocycles. The third-order valence-corrected chi connectivity index (χ3v) is 3.08. The van der Waals surface area contributed by atoms with Crippen LogP contribution in [-0.2, 0) is 6.54 Å². The number of furan rings is 1. The van der Waals surface area contributed by atoms with Crippen LogP contribution in [0.4, 0.5) is 26.2 Å². The van der Waals surface area contributed by atoms with Crippen LogP contribution in [0.1, 0.15) is 11.5 Å². The zero-order valence-corrected chi connectivity index (χ0v) is 12.3. The molecule has 23 heavy (non-hydrogen) atoms. The second-order valence-electron chi connectivity index (χ2n) is 4.87. The number of para-hydroxylation sites is 1. The van der Waals surface area contributed by atoms with E-state index in [1.165, 1.54) is 6.07 Å². The molecule has 2 aromatic heterocycles. The summed E-state index contributed by atoms with van der Waals surface area (Å²) < 4.78 is 32.6. The van der Waals surface area contributed by atoms with E-state index in [-0.39, 0.29) is 11.6 Å². The van der Waals surface area contributed by atoms with Gasteiger partial charge in [0.2, 0.25) is 5.95 Å². The Morgan fingerprint density at radius 2 is 1.87 bits per heavy atom. The molecule has 7 heteroatoms. The molecule has 0 unspecified atom stereocenters. The molecule has 0 bridgehead atoms. The molecule has 0 aliphatic rings. The van der Waals surface area contributed by atoms with Gasteiger partial charge in [-0.2, -0.15) is 4.98 Å². The highest BCUT2D eigenvalue weighted by Crippen LogP contribution is 2.22. The van der Waals surface area contributed by atoms with Crippen LogP contribution in [0, 0.1) is 18.6 Å². The fourth-order valence-corrected chi connectivity index (χ4v) is 2.03. The smallest absolute Gasteiger partial charge is 0.229 e. The lowest BCUT2D eigenvalue weighted by Gasteiger charge is -2.10. The summed E-state index contributed by atoms with van der Waals surface area (Å²) in [6, 6.07) is 8.97. The SMILES string of the molecule is Cc1cc(NCc2ccco2)nc(Nc2c(F)cccc2F)n1. The Bertz CT molecular complexity index is 786. The summed E-state index contributed by atoms with van der Waals surface area (Å²) in [4.78, 5) is 8.34.